The number of hydrogen-bond acceptors (Lipinski definition) is 2. The standard InChI is InChI=1S/C10H21IN2/c1-2-12-7-9-13(10-8-12)6-4-3-5-11/h2-10H2,1H3. The molecule has 1 aliphatic heterocycles. The number of piperazine rings is 1. The van der Waals surface area contributed by atoms with Gasteiger partial charge in [0.25, 0.3) is 0 Å². The second kappa shape index (κ2) is 7.01. The monoisotopic (exact) mass is 296 g/mol. The van der Waals surface area contributed by atoms with Gasteiger partial charge in [0.1, 0.15) is 0 Å². The molecule has 3 heteroatoms. The Balaban J connectivity index is 2.03. The summed E-state index contributed by atoms with van der Waals surface area (Å²) < 4.78 is 1.31. The fourth-order valence-electron chi connectivity index (χ4n) is 1.76. The number of likely N-dealkylation sites (N-methyl/N-ethyl adjacent to an activating group) is 1. The van der Waals surface area contributed by atoms with Gasteiger partial charge in [-0.2, -0.15) is 0 Å². The van der Waals surface area contributed by atoms with E-state index in [1.807, 2.05) is 0 Å². The molecule has 0 N–H and O–H groups in total. The molecule has 1 aliphatic rings. The van der Waals surface area contributed by atoms with E-state index in [0.717, 1.165) is 0 Å². The smallest absolute Gasteiger partial charge is 0.0110 e. The summed E-state index contributed by atoms with van der Waals surface area (Å²) in [5.41, 5.74) is 0. The van der Waals surface area contributed by atoms with Crippen LogP contribution in [0.25, 0.3) is 0 Å². The molecule has 2 nitrogen and oxygen atoms in total. The number of halogens is 1. The molecular weight excluding hydrogens is 275 g/mol. The Hall–Kier alpha value is 0.650. The SMILES string of the molecule is CCN1CCN(CCCCI)CC1. The molecule has 1 fully saturated rings. The van der Waals surface area contributed by atoms with Gasteiger partial charge in [-0.05, 0) is 30.4 Å². The van der Waals surface area contributed by atoms with Crippen molar-refractivity contribution in [2.75, 3.05) is 43.7 Å². The van der Waals surface area contributed by atoms with E-state index in [1.165, 1.54) is 56.5 Å². The predicted molar refractivity (Wildman–Crippen MR) is 66.7 cm³/mol. The molecule has 1 rings (SSSR count). The van der Waals surface area contributed by atoms with E-state index in [2.05, 4.69) is 39.3 Å². The molecule has 0 saturated carbocycles. The summed E-state index contributed by atoms with van der Waals surface area (Å²) in [5.74, 6) is 0. The second-order valence-electron chi connectivity index (χ2n) is 3.67. The minimum Gasteiger partial charge on any atom is -0.301 e. The van der Waals surface area contributed by atoms with Gasteiger partial charge in [-0.1, -0.05) is 29.5 Å². The molecule has 1 saturated heterocycles. The summed E-state index contributed by atoms with van der Waals surface area (Å²) in [6.07, 6.45) is 2.77. The molecule has 0 radical (unpaired) electrons. The van der Waals surface area contributed by atoms with Crippen LogP contribution in [0.2, 0.25) is 0 Å². The average molecular weight is 296 g/mol. The van der Waals surface area contributed by atoms with E-state index in [0.29, 0.717) is 0 Å². The van der Waals surface area contributed by atoms with Crippen LogP contribution in [-0.2, 0) is 0 Å². The van der Waals surface area contributed by atoms with Crippen LogP contribution >= 0.6 is 22.6 Å². The molecule has 0 atom stereocenters. The zero-order valence-corrected chi connectivity index (χ0v) is 10.8. The first-order valence-corrected chi connectivity index (χ1v) is 6.90. The first-order valence-electron chi connectivity index (χ1n) is 5.37. The van der Waals surface area contributed by atoms with Gasteiger partial charge in [0.2, 0.25) is 0 Å². The third-order valence-corrected chi connectivity index (χ3v) is 3.53. The van der Waals surface area contributed by atoms with Gasteiger partial charge in [0.05, 0.1) is 0 Å². The van der Waals surface area contributed by atoms with Gasteiger partial charge in [-0.25, -0.2) is 0 Å². The van der Waals surface area contributed by atoms with Gasteiger partial charge < -0.3 is 9.80 Å². The normalized spacial score (nSPS) is 20.8. The molecule has 0 amide bonds. The van der Waals surface area contributed by atoms with Crippen LogP contribution in [0.15, 0.2) is 0 Å². The highest BCUT2D eigenvalue weighted by Gasteiger charge is 2.14. The zero-order chi connectivity index (χ0) is 9.52. The molecule has 78 valence electrons. The van der Waals surface area contributed by atoms with Crippen molar-refractivity contribution in [3.63, 3.8) is 0 Å². The fraction of sp³-hybridized carbons (Fsp3) is 1.00. The van der Waals surface area contributed by atoms with Crippen molar-refractivity contribution in [2.45, 2.75) is 19.8 Å². The van der Waals surface area contributed by atoms with E-state index in [1.54, 1.807) is 0 Å². The van der Waals surface area contributed by atoms with Gasteiger partial charge in [0, 0.05) is 26.2 Å². The third kappa shape index (κ3) is 4.61. The molecular formula is C10H21IN2. The Bertz CT molecular complexity index is 119. The molecule has 0 spiro atoms. The summed E-state index contributed by atoms with van der Waals surface area (Å²) in [5, 5.41) is 0. The molecule has 0 aliphatic carbocycles. The number of rotatable bonds is 5. The highest BCUT2D eigenvalue weighted by atomic mass is 127. The van der Waals surface area contributed by atoms with Crippen molar-refractivity contribution < 1.29 is 0 Å². The number of alkyl halides is 1. The van der Waals surface area contributed by atoms with Crippen LogP contribution in [-0.4, -0.2) is 53.5 Å². The molecule has 0 aromatic rings. The minimum atomic E-state index is 1.22. The summed E-state index contributed by atoms with van der Waals surface area (Å²) in [6, 6.07) is 0. The predicted octanol–water partition coefficient (Wildman–Crippen LogP) is 1.84. The van der Waals surface area contributed by atoms with Crippen molar-refractivity contribution in [3.8, 4) is 0 Å². The number of hydrogen-bond donors (Lipinski definition) is 0. The Morgan fingerprint density at radius 1 is 1.00 bits per heavy atom. The lowest BCUT2D eigenvalue weighted by Gasteiger charge is -2.33. The Labute approximate surface area is 95.8 Å². The average Bonchev–Trinajstić information content (AvgIpc) is 2.19. The number of nitrogens with zero attached hydrogens (tertiary/aromatic N) is 2. The van der Waals surface area contributed by atoms with Crippen LogP contribution in [0, 0.1) is 0 Å². The maximum Gasteiger partial charge on any atom is 0.0110 e. The molecule has 0 unspecified atom stereocenters. The summed E-state index contributed by atoms with van der Waals surface area (Å²) >= 11 is 2.46. The van der Waals surface area contributed by atoms with Crippen molar-refractivity contribution >= 4 is 22.6 Å². The van der Waals surface area contributed by atoms with Crippen LogP contribution in [0.5, 0.6) is 0 Å². The quantitative estimate of drug-likeness (QED) is 0.434. The Morgan fingerprint density at radius 2 is 1.62 bits per heavy atom. The maximum absolute atomic E-state index is 2.61. The molecule has 0 aromatic carbocycles. The van der Waals surface area contributed by atoms with E-state index in [9.17, 15) is 0 Å². The van der Waals surface area contributed by atoms with Gasteiger partial charge in [0.15, 0.2) is 0 Å². The van der Waals surface area contributed by atoms with Crippen LogP contribution in [0.1, 0.15) is 19.8 Å². The van der Waals surface area contributed by atoms with Gasteiger partial charge in [-0.15, -0.1) is 0 Å². The lowest BCUT2D eigenvalue weighted by molar-refractivity contribution is 0.136. The van der Waals surface area contributed by atoms with Crippen molar-refractivity contribution in [3.05, 3.63) is 0 Å². The zero-order valence-electron chi connectivity index (χ0n) is 8.64. The lowest BCUT2D eigenvalue weighted by Crippen LogP contribution is -2.46. The van der Waals surface area contributed by atoms with E-state index >= 15 is 0 Å². The lowest BCUT2D eigenvalue weighted by atomic mass is 10.2. The van der Waals surface area contributed by atoms with Gasteiger partial charge >= 0.3 is 0 Å². The highest BCUT2D eigenvalue weighted by molar-refractivity contribution is 14.1. The van der Waals surface area contributed by atoms with Crippen LogP contribution in [0.4, 0.5) is 0 Å². The minimum absolute atomic E-state index is 1.22. The van der Waals surface area contributed by atoms with Crippen LogP contribution < -0.4 is 0 Å². The fourth-order valence-corrected chi connectivity index (χ4v) is 2.30. The molecule has 0 aromatic heterocycles. The van der Waals surface area contributed by atoms with Crippen molar-refractivity contribution in [1.82, 2.24) is 9.80 Å². The van der Waals surface area contributed by atoms with Crippen molar-refractivity contribution in [1.29, 1.82) is 0 Å². The maximum atomic E-state index is 2.61. The Kier molecular flexibility index (Phi) is 6.32. The number of unbranched alkanes of at least 4 members (excludes halogenated alkanes) is 1. The topological polar surface area (TPSA) is 6.48 Å². The third-order valence-electron chi connectivity index (χ3n) is 2.77. The highest BCUT2D eigenvalue weighted by Crippen LogP contribution is 2.03. The molecule has 1 heterocycles. The summed E-state index contributed by atoms with van der Waals surface area (Å²) in [6.45, 7) is 9.93. The first kappa shape index (κ1) is 11.7. The van der Waals surface area contributed by atoms with E-state index in [-0.39, 0.29) is 0 Å². The van der Waals surface area contributed by atoms with Crippen LogP contribution in [0.3, 0.4) is 0 Å². The largest absolute Gasteiger partial charge is 0.301 e. The first-order chi connectivity index (χ1) is 6.36. The molecule has 0 bridgehead atoms. The van der Waals surface area contributed by atoms with E-state index < -0.39 is 0 Å². The van der Waals surface area contributed by atoms with Crippen molar-refractivity contribution in [2.24, 2.45) is 0 Å². The van der Waals surface area contributed by atoms with Gasteiger partial charge in [-0.3, -0.25) is 0 Å². The van der Waals surface area contributed by atoms with E-state index in [4.69, 9.17) is 0 Å². The summed E-state index contributed by atoms with van der Waals surface area (Å²) in [4.78, 5) is 5.15. The summed E-state index contributed by atoms with van der Waals surface area (Å²) in [7, 11) is 0. The Morgan fingerprint density at radius 3 is 2.15 bits per heavy atom. The molecule has 13 heavy (non-hydrogen) atoms. The second-order valence-corrected chi connectivity index (χ2v) is 4.75.